The molecule has 0 saturated carbocycles. The Bertz CT molecular complexity index is 408. The molecule has 0 aliphatic carbocycles. The predicted octanol–water partition coefficient (Wildman–Crippen LogP) is 2.56. The fourth-order valence-corrected chi connectivity index (χ4v) is 1.60. The van der Waals surface area contributed by atoms with Crippen molar-refractivity contribution in [2.24, 2.45) is 0 Å². The molecule has 1 heterocycles. The van der Waals surface area contributed by atoms with E-state index in [4.69, 9.17) is 0 Å². The molecule has 1 atom stereocenters. The fraction of sp³-hybridized carbons (Fsp3) is 0.643. The Morgan fingerprint density at radius 2 is 2.16 bits per heavy atom. The lowest BCUT2D eigenvalue weighted by Crippen LogP contribution is -2.28. The maximum absolute atomic E-state index is 12.2. The molecule has 1 aromatic rings. The largest absolute Gasteiger partial charge is 0.368 e. The van der Waals surface area contributed by atoms with E-state index in [0.29, 0.717) is 17.6 Å². The zero-order valence-electron chi connectivity index (χ0n) is 12.3. The number of rotatable bonds is 7. The Hall–Kier alpha value is -1.65. The molecule has 0 aliphatic heterocycles. The third-order valence-electron chi connectivity index (χ3n) is 3.09. The predicted molar refractivity (Wildman–Crippen MR) is 77.3 cm³/mol. The second-order valence-corrected chi connectivity index (χ2v) is 4.82. The van der Waals surface area contributed by atoms with Crippen molar-refractivity contribution in [3.05, 3.63) is 18.1 Å². The summed E-state index contributed by atoms with van der Waals surface area (Å²) in [5.74, 6) is 0.652. The standard InChI is InChI=1S/C14H24N4O/c1-5-7-8-18(4)14(19)12-9-13(16-10-15-12)17-11(3)6-2/h9-11H,5-8H2,1-4H3,(H,15,16,17). The molecule has 1 aromatic heterocycles. The van der Waals surface area contributed by atoms with Crippen molar-refractivity contribution in [1.82, 2.24) is 14.9 Å². The highest BCUT2D eigenvalue weighted by Crippen LogP contribution is 2.09. The third-order valence-corrected chi connectivity index (χ3v) is 3.09. The van der Waals surface area contributed by atoms with Gasteiger partial charge in [0.15, 0.2) is 0 Å². The van der Waals surface area contributed by atoms with Crippen LogP contribution in [0.25, 0.3) is 0 Å². The summed E-state index contributed by atoms with van der Waals surface area (Å²) in [5, 5.41) is 3.25. The van der Waals surface area contributed by atoms with Gasteiger partial charge in [-0.15, -0.1) is 0 Å². The average molecular weight is 264 g/mol. The number of aromatic nitrogens is 2. The Morgan fingerprint density at radius 1 is 1.42 bits per heavy atom. The molecular weight excluding hydrogens is 240 g/mol. The Morgan fingerprint density at radius 3 is 2.79 bits per heavy atom. The first-order valence-electron chi connectivity index (χ1n) is 6.92. The smallest absolute Gasteiger partial charge is 0.272 e. The molecule has 106 valence electrons. The van der Waals surface area contributed by atoms with Crippen molar-refractivity contribution in [2.45, 2.75) is 46.1 Å². The molecule has 0 bridgehead atoms. The summed E-state index contributed by atoms with van der Waals surface area (Å²) in [6, 6.07) is 2.05. The molecule has 1 rings (SSSR count). The van der Waals surface area contributed by atoms with Crippen LogP contribution in [-0.2, 0) is 0 Å². The van der Waals surface area contributed by atoms with Gasteiger partial charge >= 0.3 is 0 Å². The molecule has 0 fully saturated rings. The van der Waals surface area contributed by atoms with Crippen molar-refractivity contribution in [2.75, 3.05) is 18.9 Å². The number of hydrogen-bond acceptors (Lipinski definition) is 4. The number of nitrogens with zero attached hydrogens (tertiary/aromatic N) is 3. The van der Waals surface area contributed by atoms with Crippen LogP contribution in [0.15, 0.2) is 12.4 Å². The van der Waals surface area contributed by atoms with E-state index in [-0.39, 0.29) is 5.91 Å². The molecule has 0 radical (unpaired) electrons. The number of unbranched alkanes of at least 4 members (excludes halogenated alkanes) is 1. The summed E-state index contributed by atoms with van der Waals surface area (Å²) >= 11 is 0. The first-order valence-corrected chi connectivity index (χ1v) is 6.92. The number of carbonyl (C=O) groups is 1. The van der Waals surface area contributed by atoms with Gasteiger partial charge in [-0.3, -0.25) is 4.79 Å². The summed E-state index contributed by atoms with van der Waals surface area (Å²) in [7, 11) is 1.81. The fourth-order valence-electron chi connectivity index (χ4n) is 1.60. The molecular formula is C14H24N4O. The van der Waals surface area contributed by atoms with Crippen molar-refractivity contribution in [1.29, 1.82) is 0 Å². The Kier molecular flexibility index (Phi) is 6.25. The van der Waals surface area contributed by atoms with Crippen molar-refractivity contribution < 1.29 is 4.79 Å². The van der Waals surface area contributed by atoms with Gasteiger partial charge in [-0.05, 0) is 19.8 Å². The SMILES string of the molecule is CCCCN(C)C(=O)c1cc(NC(C)CC)ncn1. The summed E-state index contributed by atoms with van der Waals surface area (Å²) in [6.45, 7) is 7.05. The first-order chi connectivity index (χ1) is 9.08. The van der Waals surface area contributed by atoms with Crippen LogP contribution in [-0.4, -0.2) is 40.4 Å². The van der Waals surface area contributed by atoms with Crippen LogP contribution in [0.1, 0.15) is 50.5 Å². The second kappa shape index (κ2) is 7.71. The van der Waals surface area contributed by atoms with Crippen LogP contribution in [0.5, 0.6) is 0 Å². The molecule has 1 N–H and O–H groups in total. The summed E-state index contributed by atoms with van der Waals surface area (Å²) in [4.78, 5) is 22.1. The van der Waals surface area contributed by atoms with Gasteiger partial charge in [0.05, 0.1) is 0 Å². The maximum atomic E-state index is 12.2. The Balaban J connectivity index is 2.72. The topological polar surface area (TPSA) is 58.1 Å². The zero-order valence-corrected chi connectivity index (χ0v) is 12.3. The van der Waals surface area contributed by atoms with Gasteiger partial charge in [0.25, 0.3) is 5.91 Å². The van der Waals surface area contributed by atoms with Gasteiger partial charge < -0.3 is 10.2 Å². The van der Waals surface area contributed by atoms with E-state index in [0.717, 1.165) is 25.8 Å². The van der Waals surface area contributed by atoms with Crippen LogP contribution < -0.4 is 5.32 Å². The van der Waals surface area contributed by atoms with E-state index in [2.05, 4.69) is 36.1 Å². The molecule has 5 heteroatoms. The van der Waals surface area contributed by atoms with Gasteiger partial charge in [0.2, 0.25) is 0 Å². The number of amides is 1. The van der Waals surface area contributed by atoms with E-state index in [1.165, 1.54) is 6.33 Å². The highest BCUT2D eigenvalue weighted by atomic mass is 16.2. The van der Waals surface area contributed by atoms with E-state index in [1.807, 2.05) is 7.05 Å². The van der Waals surface area contributed by atoms with Crippen LogP contribution in [0.2, 0.25) is 0 Å². The molecule has 5 nitrogen and oxygen atoms in total. The highest BCUT2D eigenvalue weighted by Gasteiger charge is 2.13. The normalized spacial score (nSPS) is 12.0. The summed E-state index contributed by atoms with van der Waals surface area (Å²) in [5.41, 5.74) is 0.444. The van der Waals surface area contributed by atoms with Gasteiger partial charge in [0, 0.05) is 25.7 Å². The summed E-state index contributed by atoms with van der Waals surface area (Å²) < 4.78 is 0. The maximum Gasteiger partial charge on any atom is 0.272 e. The Labute approximate surface area is 115 Å². The minimum atomic E-state index is -0.0527. The molecule has 0 spiro atoms. The van der Waals surface area contributed by atoms with Gasteiger partial charge in [-0.25, -0.2) is 9.97 Å². The van der Waals surface area contributed by atoms with Gasteiger partial charge in [-0.2, -0.15) is 0 Å². The second-order valence-electron chi connectivity index (χ2n) is 4.82. The lowest BCUT2D eigenvalue weighted by atomic mass is 10.2. The van der Waals surface area contributed by atoms with Crippen molar-refractivity contribution in [3.63, 3.8) is 0 Å². The number of carbonyl (C=O) groups excluding carboxylic acids is 1. The number of hydrogen-bond donors (Lipinski definition) is 1. The lowest BCUT2D eigenvalue weighted by Gasteiger charge is -2.17. The summed E-state index contributed by atoms with van der Waals surface area (Å²) in [6.07, 6.45) is 4.52. The van der Waals surface area contributed by atoms with E-state index < -0.39 is 0 Å². The third kappa shape index (κ3) is 4.85. The van der Waals surface area contributed by atoms with Gasteiger partial charge in [0.1, 0.15) is 17.8 Å². The van der Waals surface area contributed by atoms with Crippen LogP contribution >= 0.6 is 0 Å². The molecule has 19 heavy (non-hydrogen) atoms. The molecule has 1 unspecified atom stereocenters. The average Bonchev–Trinajstić information content (AvgIpc) is 2.44. The van der Waals surface area contributed by atoms with Gasteiger partial charge in [-0.1, -0.05) is 20.3 Å². The van der Waals surface area contributed by atoms with E-state index in [1.54, 1.807) is 11.0 Å². The lowest BCUT2D eigenvalue weighted by molar-refractivity contribution is 0.0787. The monoisotopic (exact) mass is 264 g/mol. The van der Waals surface area contributed by atoms with Crippen LogP contribution in [0.3, 0.4) is 0 Å². The van der Waals surface area contributed by atoms with E-state index >= 15 is 0 Å². The highest BCUT2D eigenvalue weighted by molar-refractivity contribution is 5.92. The molecule has 1 amide bonds. The quantitative estimate of drug-likeness (QED) is 0.822. The van der Waals surface area contributed by atoms with Crippen molar-refractivity contribution in [3.8, 4) is 0 Å². The molecule has 0 aromatic carbocycles. The minimum Gasteiger partial charge on any atom is -0.368 e. The van der Waals surface area contributed by atoms with Crippen LogP contribution in [0.4, 0.5) is 5.82 Å². The number of nitrogens with one attached hydrogen (secondary N) is 1. The molecule has 0 saturated heterocycles. The minimum absolute atomic E-state index is 0.0527. The first kappa shape index (κ1) is 15.4. The molecule has 0 aliphatic rings. The van der Waals surface area contributed by atoms with Crippen molar-refractivity contribution >= 4 is 11.7 Å². The number of anilines is 1. The van der Waals surface area contributed by atoms with E-state index in [9.17, 15) is 4.79 Å². The van der Waals surface area contributed by atoms with Crippen LogP contribution in [0, 0.1) is 0 Å². The zero-order chi connectivity index (χ0) is 14.3.